The van der Waals surface area contributed by atoms with Crippen molar-refractivity contribution in [1.82, 2.24) is 0 Å². The van der Waals surface area contributed by atoms with Crippen LogP contribution in [0.3, 0.4) is 0 Å². The molecule has 0 bridgehead atoms. The molecule has 68 valence electrons. The Kier molecular flexibility index (Phi) is 3.10. The Bertz CT molecular complexity index is 174. The lowest BCUT2D eigenvalue weighted by Crippen LogP contribution is -2.39. The summed E-state index contributed by atoms with van der Waals surface area (Å²) in [4.78, 5) is 0. The summed E-state index contributed by atoms with van der Waals surface area (Å²) in [6.07, 6.45) is 8.72. The topological polar surface area (TPSA) is 20.2 Å². The highest BCUT2D eigenvalue weighted by Crippen LogP contribution is 2.36. The van der Waals surface area contributed by atoms with E-state index < -0.39 is 5.60 Å². The molecule has 1 saturated carbocycles. The van der Waals surface area contributed by atoms with Crippen molar-refractivity contribution in [2.45, 2.75) is 37.7 Å². The molecule has 1 rings (SSSR count). The summed E-state index contributed by atoms with van der Waals surface area (Å²) in [5.41, 5.74) is -0.540. The maximum Gasteiger partial charge on any atom is 0.0744 e. The lowest BCUT2D eigenvalue weighted by molar-refractivity contribution is -0.0267. The van der Waals surface area contributed by atoms with Crippen LogP contribution >= 0.6 is 0 Å². The standard InChI is InChI=1S/C11H18O/c1-3-8-11(12)9-6-5-7-10(11)4-2/h3-4,10,12H,1-2,5-9H2/t10-,11+/m0/s1. The quantitative estimate of drug-likeness (QED) is 0.639. The van der Waals surface area contributed by atoms with Crippen LogP contribution in [-0.4, -0.2) is 10.7 Å². The summed E-state index contributed by atoms with van der Waals surface area (Å²) in [5, 5.41) is 10.2. The van der Waals surface area contributed by atoms with Gasteiger partial charge in [0.15, 0.2) is 0 Å². The van der Waals surface area contributed by atoms with E-state index in [1.165, 1.54) is 6.42 Å². The normalized spacial score (nSPS) is 35.9. The average molecular weight is 166 g/mol. The zero-order valence-corrected chi connectivity index (χ0v) is 7.63. The zero-order chi connectivity index (χ0) is 9.03. The van der Waals surface area contributed by atoms with Gasteiger partial charge in [0, 0.05) is 5.92 Å². The Morgan fingerprint density at radius 1 is 1.42 bits per heavy atom. The predicted molar refractivity (Wildman–Crippen MR) is 51.9 cm³/mol. The van der Waals surface area contributed by atoms with Gasteiger partial charge in [0.2, 0.25) is 0 Å². The largest absolute Gasteiger partial charge is 0.389 e. The fraction of sp³-hybridized carbons (Fsp3) is 0.636. The third kappa shape index (κ3) is 1.78. The molecule has 1 aliphatic carbocycles. The highest BCUT2D eigenvalue weighted by atomic mass is 16.3. The van der Waals surface area contributed by atoms with Crippen molar-refractivity contribution in [3.63, 3.8) is 0 Å². The molecule has 0 unspecified atom stereocenters. The zero-order valence-electron chi connectivity index (χ0n) is 7.63. The van der Waals surface area contributed by atoms with Gasteiger partial charge in [0.25, 0.3) is 0 Å². The predicted octanol–water partition coefficient (Wildman–Crippen LogP) is 2.67. The number of aliphatic hydroxyl groups is 1. The third-order valence-electron chi connectivity index (χ3n) is 2.85. The van der Waals surface area contributed by atoms with Gasteiger partial charge in [0.1, 0.15) is 0 Å². The molecule has 0 aromatic heterocycles. The molecule has 0 aromatic rings. The fourth-order valence-electron chi connectivity index (χ4n) is 2.09. The first-order valence-electron chi connectivity index (χ1n) is 4.69. The number of hydrogen-bond donors (Lipinski definition) is 1. The first kappa shape index (κ1) is 9.53. The smallest absolute Gasteiger partial charge is 0.0744 e. The molecule has 1 nitrogen and oxygen atoms in total. The van der Waals surface area contributed by atoms with Crippen LogP contribution in [0.1, 0.15) is 32.1 Å². The van der Waals surface area contributed by atoms with Gasteiger partial charge < -0.3 is 5.11 Å². The lowest BCUT2D eigenvalue weighted by atomic mass is 9.74. The second-order valence-corrected chi connectivity index (χ2v) is 3.68. The van der Waals surface area contributed by atoms with Crippen LogP contribution in [0.2, 0.25) is 0 Å². The maximum absolute atomic E-state index is 10.2. The highest BCUT2D eigenvalue weighted by molar-refractivity contribution is 5.01. The van der Waals surface area contributed by atoms with E-state index in [0.29, 0.717) is 6.42 Å². The van der Waals surface area contributed by atoms with Gasteiger partial charge in [-0.25, -0.2) is 0 Å². The minimum atomic E-state index is -0.540. The summed E-state index contributed by atoms with van der Waals surface area (Å²) in [6, 6.07) is 0. The molecule has 2 atom stereocenters. The Morgan fingerprint density at radius 3 is 2.75 bits per heavy atom. The van der Waals surface area contributed by atoms with E-state index in [0.717, 1.165) is 19.3 Å². The van der Waals surface area contributed by atoms with Crippen molar-refractivity contribution in [2.75, 3.05) is 0 Å². The van der Waals surface area contributed by atoms with E-state index >= 15 is 0 Å². The molecule has 1 N–H and O–H groups in total. The lowest BCUT2D eigenvalue weighted by Gasteiger charge is -2.37. The van der Waals surface area contributed by atoms with Gasteiger partial charge in [-0.1, -0.05) is 25.0 Å². The first-order chi connectivity index (χ1) is 5.73. The van der Waals surface area contributed by atoms with Crippen molar-refractivity contribution in [3.05, 3.63) is 25.3 Å². The van der Waals surface area contributed by atoms with Crippen LogP contribution in [0.5, 0.6) is 0 Å². The molecule has 0 aromatic carbocycles. The highest BCUT2D eigenvalue weighted by Gasteiger charge is 2.35. The molecule has 0 spiro atoms. The molecular weight excluding hydrogens is 148 g/mol. The van der Waals surface area contributed by atoms with E-state index in [9.17, 15) is 5.11 Å². The molecule has 0 heterocycles. The van der Waals surface area contributed by atoms with Gasteiger partial charge in [0.05, 0.1) is 5.60 Å². The maximum atomic E-state index is 10.2. The summed E-state index contributed by atoms with van der Waals surface area (Å²) in [7, 11) is 0. The molecule has 1 heteroatoms. The van der Waals surface area contributed by atoms with Gasteiger partial charge >= 0.3 is 0 Å². The molecule has 0 saturated heterocycles. The SMILES string of the molecule is C=CC[C@@]1(O)CCCC[C@@H]1C=C. The van der Waals surface area contributed by atoms with Crippen LogP contribution in [0, 0.1) is 5.92 Å². The monoisotopic (exact) mass is 166 g/mol. The summed E-state index contributed by atoms with van der Waals surface area (Å²) in [6.45, 7) is 7.44. The van der Waals surface area contributed by atoms with Crippen LogP contribution in [0.4, 0.5) is 0 Å². The third-order valence-corrected chi connectivity index (χ3v) is 2.85. The van der Waals surface area contributed by atoms with Gasteiger partial charge in [-0.15, -0.1) is 13.2 Å². The van der Waals surface area contributed by atoms with Crippen LogP contribution in [-0.2, 0) is 0 Å². The first-order valence-corrected chi connectivity index (χ1v) is 4.69. The van der Waals surface area contributed by atoms with Crippen LogP contribution in [0.25, 0.3) is 0 Å². The van der Waals surface area contributed by atoms with Gasteiger partial charge in [-0.05, 0) is 19.3 Å². The minimum absolute atomic E-state index is 0.268. The Labute approximate surface area is 74.8 Å². The van der Waals surface area contributed by atoms with Crippen molar-refractivity contribution in [3.8, 4) is 0 Å². The fourth-order valence-corrected chi connectivity index (χ4v) is 2.09. The Balaban J connectivity index is 2.67. The molecule has 1 fully saturated rings. The van der Waals surface area contributed by atoms with Crippen molar-refractivity contribution in [2.24, 2.45) is 5.92 Å². The second-order valence-electron chi connectivity index (χ2n) is 3.68. The minimum Gasteiger partial charge on any atom is -0.389 e. The van der Waals surface area contributed by atoms with E-state index in [4.69, 9.17) is 0 Å². The van der Waals surface area contributed by atoms with Crippen LogP contribution in [0.15, 0.2) is 25.3 Å². The van der Waals surface area contributed by atoms with E-state index in [2.05, 4.69) is 13.2 Å². The molecule has 0 amide bonds. The summed E-state index contributed by atoms with van der Waals surface area (Å²) in [5.74, 6) is 0.268. The molecule has 0 radical (unpaired) electrons. The van der Waals surface area contributed by atoms with E-state index in [1.807, 2.05) is 12.2 Å². The summed E-state index contributed by atoms with van der Waals surface area (Å²) < 4.78 is 0. The van der Waals surface area contributed by atoms with Crippen LogP contribution < -0.4 is 0 Å². The van der Waals surface area contributed by atoms with E-state index in [1.54, 1.807) is 0 Å². The second kappa shape index (κ2) is 3.90. The molecule has 1 aliphatic rings. The van der Waals surface area contributed by atoms with Crippen molar-refractivity contribution in [1.29, 1.82) is 0 Å². The summed E-state index contributed by atoms with van der Waals surface area (Å²) >= 11 is 0. The average Bonchev–Trinajstić information content (AvgIpc) is 2.05. The van der Waals surface area contributed by atoms with Crippen molar-refractivity contribution < 1.29 is 5.11 Å². The Morgan fingerprint density at radius 2 is 2.17 bits per heavy atom. The molecular formula is C11H18O. The number of rotatable bonds is 3. The van der Waals surface area contributed by atoms with Crippen molar-refractivity contribution >= 4 is 0 Å². The van der Waals surface area contributed by atoms with E-state index in [-0.39, 0.29) is 5.92 Å². The Hall–Kier alpha value is -0.560. The van der Waals surface area contributed by atoms with Gasteiger partial charge in [-0.2, -0.15) is 0 Å². The van der Waals surface area contributed by atoms with Gasteiger partial charge in [-0.3, -0.25) is 0 Å². The molecule has 12 heavy (non-hydrogen) atoms. The number of hydrogen-bond acceptors (Lipinski definition) is 1. The molecule has 0 aliphatic heterocycles.